The molecule has 0 spiro atoms. The van der Waals surface area contributed by atoms with Gasteiger partial charge in [-0.2, -0.15) is 5.10 Å². The molecule has 6 nitrogen and oxygen atoms in total. The summed E-state index contributed by atoms with van der Waals surface area (Å²) >= 11 is 0. The molecule has 1 aromatic heterocycles. The molecule has 6 heteroatoms. The van der Waals surface area contributed by atoms with Gasteiger partial charge in [0, 0.05) is 5.69 Å². The summed E-state index contributed by atoms with van der Waals surface area (Å²) in [5.74, 6) is -0.953. The summed E-state index contributed by atoms with van der Waals surface area (Å²) in [6, 6.07) is 16.9. The quantitative estimate of drug-likeness (QED) is 0.703. The minimum atomic E-state index is -0.563. The van der Waals surface area contributed by atoms with Crippen LogP contribution in [0.3, 0.4) is 0 Å². The van der Waals surface area contributed by atoms with E-state index in [-0.39, 0.29) is 12.5 Å². The topological polar surface area (TPSA) is 73.2 Å². The molecule has 3 rings (SSSR count). The van der Waals surface area contributed by atoms with Gasteiger partial charge in [0.1, 0.15) is 5.56 Å². The van der Waals surface area contributed by atoms with Gasteiger partial charge in [0.2, 0.25) is 0 Å². The van der Waals surface area contributed by atoms with E-state index in [1.807, 2.05) is 55.5 Å². The number of carbonyl (C=O) groups is 2. The molecule has 0 bridgehead atoms. The highest BCUT2D eigenvalue weighted by Gasteiger charge is 2.21. The van der Waals surface area contributed by atoms with E-state index in [0.29, 0.717) is 22.6 Å². The summed E-state index contributed by atoms with van der Waals surface area (Å²) in [7, 11) is 0. The van der Waals surface area contributed by atoms with E-state index in [0.717, 1.165) is 11.3 Å². The number of aryl methyl sites for hydroxylation is 2. The van der Waals surface area contributed by atoms with Crippen LogP contribution in [0.1, 0.15) is 27.3 Å². The maximum absolute atomic E-state index is 12.5. The van der Waals surface area contributed by atoms with Crippen LogP contribution in [0.2, 0.25) is 0 Å². The van der Waals surface area contributed by atoms with E-state index < -0.39 is 5.97 Å². The Labute approximate surface area is 157 Å². The first-order valence-corrected chi connectivity index (χ1v) is 8.61. The average molecular weight is 363 g/mol. The van der Waals surface area contributed by atoms with Gasteiger partial charge in [-0.1, -0.05) is 30.3 Å². The summed E-state index contributed by atoms with van der Waals surface area (Å²) in [6.07, 6.45) is 0. The fourth-order valence-corrected chi connectivity index (χ4v) is 2.88. The van der Waals surface area contributed by atoms with Crippen LogP contribution in [0.4, 0.5) is 5.69 Å². The zero-order valence-electron chi connectivity index (χ0n) is 15.5. The number of rotatable bonds is 5. The van der Waals surface area contributed by atoms with Crippen LogP contribution in [0, 0.1) is 20.8 Å². The van der Waals surface area contributed by atoms with Crippen LogP contribution in [0.25, 0.3) is 5.69 Å². The highest BCUT2D eigenvalue weighted by Crippen LogP contribution is 2.18. The number of para-hydroxylation sites is 1. The van der Waals surface area contributed by atoms with Gasteiger partial charge >= 0.3 is 5.97 Å². The summed E-state index contributed by atoms with van der Waals surface area (Å²) in [6.45, 7) is 5.13. The SMILES string of the molecule is Cc1cccc(NC(=O)COC(=O)c2c(C)nn(-c3ccccc3)c2C)c1. The third-order valence-corrected chi connectivity index (χ3v) is 4.13. The molecule has 0 aliphatic carbocycles. The van der Waals surface area contributed by atoms with Gasteiger partial charge in [-0.15, -0.1) is 0 Å². The molecule has 3 aromatic rings. The third kappa shape index (κ3) is 4.23. The van der Waals surface area contributed by atoms with Crippen LogP contribution in [0.5, 0.6) is 0 Å². The van der Waals surface area contributed by atoms with Crippen molar-refractivity contribution in [3.05, 3.63) is 77.1 Å². The maximum Gasteiger partial charge on any atom is 0.342 e. The number of hydrogen-bond acceptors (Lipinski definition) is 4. The Morgan fingerprint density at radius 2 is 1.78 bits per heavy atom. The molecule has 0 saturated carbocycles. The molecule has 0 aliphatic heterocycles. The normalized spacial score (nSPS) is 10.5. The third-order valence-electron chi connectivity index (χ3n) is 4.13. The Morgan fingerprint density at radius 1 is 1.04 bits per heavy atom. The van der Waals surface area contributed by atoms with E-state index in [4.69, 9.17) is 4.74 Å². The van der Waals surface area contributed by atoms with E-state index in [1.165, 1.54) is 0 Å². The van der Waals surface area contributed by atoms with E-state index in [9.17, 15) is 9.59 Å². The first-order valence-electron chi connectivity index (χ1n) is 8.61. The zero-order valence-corrected chi connectivity index (χ0v) is 15.5. The van der Waals surface area contributed by atoms with Crippen molar-refractivity contribution in [1.29, 1.82) is 0 Å². The molecule has 1 heterocycles. The Hall–Kier alpha value is -3.41. The lowest BCUT2D eigenvalue weighted by Gasteiger charge is -2.08. The molecule has 0 atom stereocenters. The van der Waals surface area contributed by atoms with E-state index in [2.05, 4.69) is 10.4 Å². The fourth-order valence-electron chi connectivity index (χ4n) is 2.88. The number of benzene rings is 2. The van der Waals surface area contributed by atoms with Crippen LogP contribution in [-0.4, -0.2) is 28.3 Å². The van der Waals surface area contributed by atoms with Crippen molar-refractivity contribution in [1.82, 2.24) is 9.78 Å². The number of nitrogens with one attached hydrogen (secondary N) is 1. The number of esters is 1. The number of carbonyl (C=O) groups excluding carboxylic acids is 2. The average Bonchev–Trinajstić information content (AvgIpc) is 2.95. The van der Waals surface area contributed by atoms with Gasteiger partial charge in [0.05, 0.1) is 17.1 Å². The zero-order chi connectivity index (χ0) is 19.4. The van der Waals surface area contributed by atoms with Crippen LogP contribution >= 0.6 is 0 Å². The van der Waals surface area contributed by atoms with E-state index in [1.54, 1.807) is 24.6 Å². The van der Waals surface area contributed by atoms with Crippen molar-refractivity contribution < 1.29 is 14.3 Å². The molecule has 138 valence electrons. The van der Waals surface area contributed by atoms with Crippen molar-refractivity contribution in [2.45, 2.75) is 20.8 Å². The molecule has 0 saturated heterocycles. The second-order valence-electron chi connectivity index (χ2n) is 6.29. The summed E-state index contributed by atoms with van der Waals surface area (Å²) < 4.78 is 6.89. The predicted molar refractivity (Wildman–Crippen MR) is 103 cm³/mol. The van der Waals surface area contributed by atoms with E-state index >= 15 is 0 Å². The smallest absolute Gasteiger partial charge is 0.342 e. The lowest BCUT2D eigenvalue weighted by atomic mass is 10.2. The van der Waals surface area contributed by atoms with Crippen molar-refractivity contribution >= 4 is 17.6 Å². The molecule has 2 aromatic carbocycles. The molecule has 0 radical (unpaired) electrons. The molecule has 27 heavy (non-hydrogen) atoms. The molecule has 0 fully saturated rings. The van der Waals surface area contributed by atoms with Crippen LogP contribution in [0.15, 0.2) is 54.6 Å². The number of anilines is 1. The second kappa shape index (κ2) is 7.86. The summed E-state index contributed by atoms with van der Waals surface area (Å²) in [5, 5.41) is 7.13. The number of ether oxygens (including phenoxy) is 1. The Balaban J connectivity index is 1.68. The van der Waals surface area contributed by atoms with Gasteiger partial charge in [0.15, 0.2) is 6.61 Å². The van der Waals surface area contributed by atoms with Gasteiger partial charge in [-0.25, -0.2) is 9.48 Å². The summed E-state index contributed by atoms with van der Waals surface area (Å²) in [4.78, 5) is 24.5. The van der Waals surface area contributed by atoms with Crippen molar-refractivity contribution in [3.63, 3.8) is 0 Å². The second-order valence-corrected chi connectivity index (χ2v) is 6.29. The molecule has 1 amide bonds. The predicted octanol–water partition coefficient (Wildman–Crippen LogP) is 3.59. The van der Waals surface area contributed by atoms with Crippen LogP contribution in [-0.2, 0) is 9.53 Å². The largest absolute Gasteiger partial charge is 0.452 e. The lowest BCUT2D eigenvalue weighted by molar-refractivity contribution is -0.119. The Morgan fingerprint density at radius 3 is 2.48 bits per heavy atom. The van der Waals surface area contributed by atoms with Crippen LogP contribution < -0.4 is 5.32 Å². The monoisotopic (exact) mass is 363 g/mol. The van der Waals surface area contributed by atoms with Gasteiger partial charge < -0.3 is 10.1 Å². The van der Waals surface area contributed by atoms with Crippen molar-refractivity contribution in [2.75, 3.05) is 11.9 Å². The van der Waals surface area contributed by atoms with Gasteiger partial charge in [0.25, 0.3) is 5.91 Å². The first-order chi connectivity index (χ1) is 13.0. The van der Waals surface area contributed by atoms with Crippen molar-refractivity contribution in [3.8, 4) is 5.69 Å². The van der Waals surface area contributed by atoms with Crippen molar-refractivity contribution in [2.24, 2.45) is 0 Å². The summed E-state index contributed by atoms with van der Waals surface area (Å²) in [5.41, 5.74) is 4.16. The lowest BCUT2D eigenvalue weighted by Crippen LogP contribution is -2.21. The van der Waals surface area contributed by atoms with Gasteiger partial charge in [-0.05, 0) is 50.6 Å². The number of nitrogens with zero attached hydrogens (tertiary/aromatic N) is 2. The molecule has 1 N–H and O–H groups in total. The molecular formula is C21H21N3O3. The highest BCUT2D eigenvalue weighted by molar-refractivity contribution is 5.96. The first kappa shape index (κ1) is 18.4. The fraction of sp³-hybridized carbons (Fsp3) is 0.190. The van der Waals surface area contributed by atoms with Gasteiger partial charge in [-0.3, -0.25) is 4.79 Å². The molecule has 0 aliphatic rings. The number of aromatic nitrogens is 2. The standard InChI is InChI=1S/C21H21N3O3/c1-14-8-7-9-17(12-14)22-19(25)13-27-21(26)20-15(2)23-24(16(20)3)18-10-5-4-6-11-18/h4-12H,13H2,1-3H3,(H,22,25). The number of amides is 1. The minimum absolute atomic E-state index is 0.359. The Kier molecular flexibility index (Phi) is 5.35. The Bertz CT molecular complexity index is 978. The minimum Gasteiger partial charge on any atom is -0.452 e. The molecule has 0 unspecified atom stereocenters. The highest BCUT2D eigenvalue weighted by atomic mass is 16.5. The molecular weight excluding hydrogens is 342 g/mol. The number of hydrogen-bond donors (Lipinski definition) is 1. The maximum atomic E-state index is 12.5.